The van der Waals surface area contributed by atoms with Crippen LogP contribution in [0.3, 0.4) is 0 Å². The normalized spacial score (nSPS) is 20.9. The lowest BCUT2D eigenvalue weighted by molar-refractivity contribution is -0.137. The van der Waals surface area contributed by atoms with Gasteiger partial charge in [0.15, 0.2) is 0 Å². The van der Waals surface area contributed by atoms with Crippen LogP contribution < -0.4 is 0 Å². The molecule has 2 amide bonds. The summed E-state index contributed by atoms with van der Waals surface area (Å²) in [6, 6.07) is 12.6. The monoisotopic (exact) mass is 382 g/mol. The Morgan fingerprint density at radius 1 is 1.00 bits per heavy atom. The van der Waals surface area contributed by atoms with Crippen molar-refractivity contribution in [3.05, 3.63) is 57.8 Å². The van der Waals surface area contributed by atoms with Gasteiger partial charge >= 0.3 is 0 Å². The molecule has 1 aromatic heterocycles. The number of carbonyl (C=O) groups is 2. The van der Waals surface area contributed by atoms with Gasteiger partial charge in [-0.05, 0) is 49.6 Å². The van der Waals surface area contributed by atoms with Crippen molar-refractivity contribution in [1.29, 1.82) is 0 Å². The molecule has 1 aromatic carbocycles. The maximum absolute atomic E-state index is 13.2. The summed E-state index contributed by atoms with van der Waals surface area (Å²) in [5, 5.41) is 1.93. The summed E-state index contributed by atoms with van der Waals surface area (Å²) in [4.78, 5) is 30.5. The SMILES string of the molecule is Cc1ccc(C2CCCN2C(=O)C2CCN(C(=O)c3cccs3)CC2)cc1. The highest BCUT2D eigenvalue weighted by Crippen LogP contribution is 2.35. The molecule has 2 aliphatic rings. The van der Waals surface area contributed by atoms with E-state index in [1.807, 2.05) is 22.4 Å². The Morgan fingerprint density at radius 2 is 1.74 bits per heavy atom. The van der Waals surface area contributed by atoms with Gasteiger partial charge in [0.2, 0.25) is 5.91 Å². The molecular weight excluding hydrogens is 356 g/mol. The Labute approximate surface area is 164 Å². The molecule has 5 heteroatoms. The first kappa shape index (κ1) is 18.2. The number of hydrogen-bond donors (Lipinski definition) is 0. The van der Waals surface area contributed by atoms with E-state index in [1.54, 1.807) is 0 Å². The van der Waals surface area contributed by atoms with Gasteiger partial charge in [0, 0.05) is 25.6 Å². The number of benzene rings is 1. The Hall–Kier alpha value is -2.14. The predicted molar refractivity (Wildman–Crippen MR) is 108 cm³/mol. The average Bonchev–Trinajstić information content (AvgIpc) is 3.40. The van der Waals surface area contributed by atoms with Gasteiger partial charge in [-0.1, -0.05) is 35.9 Å². The molecule has 0 spiro atoms. The van der Waals surface area contributed by atoms with Crippen LogP contribution in [0.1, 0.15) is 52.5 Å². The third-order valence-electron chi connectivity index (χ3n) is 5.86. The smallest absolute Gasteiger partial charge is 0.263 e. The predicted octanol–water partition coefficient (Wildman–Crippen LogP) is 4.27. The zero-order valence-corrected chi connectivity index (χ0v) is 16.6. The quantitative estimate of drug-likeness (QED) is 0.795. The van der Waals surface area contributed by atoms with Crippen molar-refractivity contribution in [1.82, 2.24) is 9.80 Å². The third kappa shape index (κ3) is 3.79. The van der Waals surface area contributed by atoms with Crippen molar-refractivity contribution < 1.29 is 9.59 Å². The first-order valence-electron chi connectivity index (χ1n) is 9.83. The van der Waals surface area contributed by atoms with Crippen molar-refractivity contribution in [2.75, 3.05) is 19.6 Å². The molecule has 0 radical (unpaired) electrons. The van der Waals surface area contributed by atoms with Crippen LogP contribution in [0.15, 0.2) is 41.8 Å². The van der Waals surface area contributed by atoms with E-state index in [0.29, 0.717) is 13.1 Å². The largest absolute Gasteiger partial charge is 0.338 e. The second kappa shape index (κ2) is 7.85. The number of piperidine rings is 1. The summed E-state index contributed by atoms with van der Waals surface area (Å²) in [6.07, 6.45) is 3.66. The molecule has 0 bridgehead atoms. The van der Waals surface area contributed by atoms with E-state index in [9.17, 15) is 9.59 Å². The summed E-state index contributed by atoms with van der Waals surface area (Å²) in [5.41, 5.74) is 2.49. The Morgan fingerprint density at radius 3 is 2.41 bits per heavy atom. The number of likely N-dealkylation sites (tertiary alicyclic amines) is 2. The first-order chi connectivity index (χ1) is 13.1. The summed E-state index contributed by atoms with van der Waals surface area (Å²) in [5.74, 6) is 0.430. The molecule has 0 saturated carbocycles. The van der Waals surface area contributed by atoms with Gasteiger partial charge in [-0.2, -0.15) is 0 Å². The lowest BCUT2D eigenvalue weighted by atomic mass is 9.94. The number of amides is 2. The highest BCUT2D eigenvalue weighted by Gasteiger charge is 2.36. The minimum Gasteiger partial charge on any atom is -0.338 e. The molecule has 0 N–H and O–H groups in total. The van der Waals surface area contributed by atoms with Crippen LogP contribution in [-0.4, -0.2) is 41.2 Å². The lowest BCUT2D eigenvalue weighted by Gasteiger charge is -2.35. The highest BCUT2D eigenvalue weighted by atomic mass is 32.1. The van der Waals surface area contributed by atoms with E-state index >= 15 is 0 Å². The molecule has 4 nitrogen and oxygen atoms in total. The van der Waals surface area contributed by atoms with Crippen LogP contribution in [0.4, 0.5) is 0 Å². The Bertz CT molecular complexity index is 792. The molecular formula is C22H26N2O2S. The fraction of sp³-hybridized carbons (Fsp3) is 0.455. The first-order valence-corrected chi connectivity index (χ1v) is 10.7. The number of rotatable bonds is 3. The van der Waals surface area contributed by atoms with Crippen molar-refractivity contribution in [2.24, 2.45) is 5.92 Å². The minimum absolute atomic E-state index is 0.0448. The fourth-order valence-corrected chi connectivity index (χ4v) is 4.98. The van der Waals surface area contributed by atoms with E-state index in [2.05, 4.69) is 36.1 Å². The maximum atomic E-state index is 13.2. The number of carbonyl (C=O) groups excluding carboxylic acids is 2. The highest BCUT2D eigenvalue weighted by molar-refractivity contribution is 7.12. The molecule has 3 heterocycles. The molecule has 142 valence electrons. The topological polar surface area (TPSA) is 40.6 Å². The van der Waals surface area contributed by atoms with E-state index in [1.165, 1.54) is 22.5 Å². The molecule has 0 aliphatic carbocycles. The molecule has 1 unspecified atom stereocenters. The summed E-state index contributed by atoms with van der Waals surface area (Å²) in [6.45, 7) is 4.30. The Kier molecular flexibility index (Phi) is 5.30. The van der Waals surface area contributed by atoms with Crippen LogP contribution in [0.5, 0.6) is 0 Å². The molecule has 4 rings (SSSR count). The maximum Gasteiger partial charge on any atom is 0.263 e. The van der Waals surface area contributed by atoms with Crippen molar-refractivity contribution in [2.45, 2.75) is 38.6 Å². The average molecular weight is 383 g/mol. The van der Waals surface area contributed by atoms with E-state index in [-0.39, 0.29) is 23.8 Å². The molecule has 2 saturated heterocycles. The van der Waals surface area contributed by atoms with Crippen molar-refractivity contribution in [3.63, 3.8) is 0 Å². The molecule has 2 aromatic rings. The van der Waals surface area contributed by atoms with Crippen LogP contribution in [-0.2, 0) is 4.79 Å². The van der Waals surface area contributed by atoms with Gasteiger partial charge in [0.25, 0.3) is 5.91 Å². The second-order valence-electron chi connectivity index (χ2n) is 7.64. The van der Waals surface area contributed by atoms with Gasteiger partial charge in [-0.15, -0.1) is 11.3 Å². The molecule has 1 atom stereocenters. The molecule has 2 aliphatic heterocycles. The van der Waals surface area contributed by atoms with Crippen LogP contribution in [0.2, 0.25) is 0 Å². The number of aryl methyl sites for hydroxylation is 1. The van der Waals surface area contributed by atoms with Gasteiger partial charge in [-0.25, -0.2) is 0 Å². The zero-order valence-electron chi connectivity index (χ0n) is 15.8. The number of hydrogen-bond acceptors (Lipinski definition) is 3. The van der Waals surface area contributed by atoms with E-state index in [0.717, 1.165) is 37.1 Å². The second-order valence-corrected chi connectivity index (χ2v) is 8.59. The minimum atomic E-state index is 0.0448. The van der Waals surface area contributed by atoms with Gasteiger partial charge < -0.3 is 9.80 Å². The van der Waals surface area contributed by atoms with Crippen LogP contribution in [0.25, 0.3) is 0 Å². The molecule has 27 heavy (non-hydrogen) atoms. The summed E-state index contributed by atoms with van der Waals surface area (Å²) < 4.78 is 0. The zero-order chi connectivity index (χ0) is 18.8. The van der Waals surface area contributed by atoms with Gasteiger partial charge in [0.1, 0.15) is 0 Å². The summed E-state index contributed by atoms with van der Waals surface area (Å²) >= 11 is 1.48. The van der Waals surface area contributed by atoms with E-state index < -0.39 is 0 Å². The standard InChI is InChI=1S/C22H26N2O2S/c1-16-6-8-17(9-7-16)19-4-2-12-24(19)21(25)18-10-13-23(14-11-18)22(26)20-5-3-15-27-20/h3,5-9,15,18-19H,2,4,10-14H2,1H3. The number of nitrogens with zero attached hydrogens (tertiary/aromatic N) is 2. The van der Waals surface area contributed by atoms with Crippen LogP contribution in [0, 0.1) is 12.8 Å². The summed E-state index contributed by atoms with van der Waals surface area (Å²) in [7, 11) is 0. The van der Waals surface area contributed by atoms with E-state index in [4.69, 9.17) is 0 Å². The van der Waals surface area contributed by atoms with Crippen molar-refractivity contribution in [3.8, 4) is 0 Å². The van der Waals surface area contributed by atoms with Crippen LogP contribution >= 0.6 is 11.3 Å². The lowest BCUT2D eigenvalue weighted by Crippen LogP contribution is -2.44. The molecule has 2 fully saturated rings. The third-order valence-corrected chi connectivity index (χ3v) is 6.72. The van der Waals surface area contributed by atoms with Crippen molar-refractivity contribution >= 4 is 23.2 Å². The Balaban J connectivity index is 1.38. The van der Waals surface area contributed by atoms with Gasteiger partial charge in [0.05, 0.1) is 10.9 Å². The van der Waals surface area contributed by atoms with Gasteiger partial charge in [-0.3, -0.25) is 9.59 Å². The fourth-order valence-electron chi connectivity index (χ4n) is 4.29. The number of thiophene rings is 1.